The Morgan fingerprint density at radius 3 is 2.52 bits per heavy atom. The summed E-state index contributed by atoms with van der Waals surface area (Å²) in [5.74, 6) is 0.0810. The van der Waals surface area contributed by atoms with Gasteiger partial charge in [-0.05, 0) is 62.6 Å². The number of fused-ring (bicyclic) bond motifs is 1. The lowest BCUT2D eigenvalue weighted by Gasteiger charge is -2.30. The summed E-state index contributed by atoms with van der Waals surface area (Å²) in [5, 5.41) is 6.52. The molecule has 2 aromatic carbocycles. The van der Waals surface area contributed by atoms with Crippen molar-refractivity contribution in [3.8, 4) is 0 Å². The van der Waals surface area contributed by atoms with Crippen LogP contribution in [0, 0.1) is 6.92 Å². The average molecular weight is 333 g/mol. The Morgan fingerprint density at radius 1 is 1.00 bits per heavy atom. The highest BCUT2D eigenvalue weighted by Gasteiger charge is 2.24. The number of amides is 1. The number of hydrogen-bond donors (Lipinski definition) is 0. The van der Waals surface area contributed by atoms with E-state index in [4.69, 9.17) is 0 Å². The topological polar surface area (TPSA) is 35.9 Å². The highest BCUT2D eigenvalue weighted by atomic mass is 16.2. The summed E-state index contributed by atoms with van der Waals surface area (Å²) in [4.78, 5) is 14.9. The highest BCUT2D eigenvalue weighted by Crippen LogP contribution is 2.29. The van der Waals surface area contributed by atoms with Crippen LogP contribution in [-0.2, 0) is 6.42 Å². The summed E-state index contributed by atoms with van der Waals surface area (Å²) in [7, 11) is 0. The zero-order chi connectivity index (χ0) is 17.4. The first-order valence-corrected chi connectivity index (χ1v) is 8.95. The summed E-state index contributed by atoms with van der Waals surface area (Å²) in [6.07, 6.45) is 3.07. The van der Waals surface area contributed by atoms with Gasteiger partial charge >= 0.3 is 0 Å². The van der Waals surface area contributed by atoms with Gasteiger partial charge in [0.25, 0.3) is 5.91 Å². The molecule has 4 rings (SSSR count). The molecule has 0 unspecified atom stereocenters. The number of anilines is 2. The minimum atomic E-state index is 0.0810. The van der Waals surface area contributed by atoms with E-state index in [1.165, 1.54) is 11.1 Å². The second-order valence-electron chi connectivity index (χ2n) is 6.95. The van der Waals surface area contributed by atoms with Crippen molar-refractivity contribution in [1.29, 1.82) is 0 Å². The van der Waals surface area contributed by atoms with Crippen LogP contribution in [-0.4, -0.2) is 24.7 Å². The van der Waals surface area contributed by atoms with E-state index in [1.54, 1.807) is 0 Å². The number of nitrogens with zero attached hydrogens (tertiary/aromatic N) is 3. The molecular weight excluding hydrogens is 310 g/mol. The fourth-order valence-corrected chi connectivity index (χ4v) is 3.63. The Hall–Kier alpha value is -2.62. The number of carbonyl (C=O) groups is 1. The number of hydrazone groups is 1. The third-order valence-corrected chi connectivity index (χ3v) is 4.99. The lowest BCUT2D eigenvalue weighted by Crippen LogP contribution is -2.35. The second kappa shape index (κ2) is 6.36. The largest absolute Gasteiger partial charge is 0.308 e. The molecule has 4 heteroatoms. The second-order valence-corrected chi connectivity index (χ2v) is 6.95. The predicted molar refractivity (Wildman–Crippen MR) is 103 cm³/mol. The Balaban J connectivity index is 1.58. The van der Waals surface area contributed by atoms with Crippen LogP contribution < -0.4 is 9.91 Å². The van der Waals surface area contributed by atoms with Crippen LogP contribution in [0.1, 0.15) is 41.3 Å². The average Bonchev–Trinajstić information content (AvgIpc) is 3.07. The number of aryl methyl sites for hydroxylation is 2. The van der Waals surface area contributed by atoms with Crippen molar-refractivity contribution in [2.75, 3.05) is 23.0 Å². The maximum absolute atomic E-state index is 13.0. The number of carbonyl (C=O) groups excluding carboxylic acids is 1. The Bertz CT molecular complexity index is 839. The van der Waals surface area contributed by atoms with E-state index in [1.807, 2.05) is 41.1 Å². The van der Waals surface area contributed by atoms with Crippen LogP contribution in [0.5, 0.6) is 0 Å². The predicted octanol–water partition coefficient (Wildman–Crippen LogP) is 4.17. The fourth-order valence-electron chi connectivity index (χ4n) is 3.63. The molecular formula is C21H23N3O. The highest BCUT2D eigenvalue weighted by molar-refractivity contribution is 6.07. The molecule has 0 fully saturated rings. The molecule has 0 radical (unpaired) electrons. The van der Waals surface area contributed by atoms with Crippen molar-refractivity contribution in [1.82, 2.24) is 0 Å². The van der Waals surface area contributed by atoms with Crippen molar-refractivity contribution in [2.24, 2.45) is 5.10 Å². The van der Waals surface area contributed by atoms with Crippen LogP contribution in [0.25, 0.3) is 0 Å². The van der Waals surface area contributed by atoms with Crippen LogP contribution >= 0.6 is 0 Å². The molecule has 0 spiro atoms. The van der Waals surface area contributed by atoms with E-state index in [0.29, 0.717) is 0 Å². The minimum Gasteiger partial charge on any atom is -0.308 e. The van der Waals surface area contributed by atoms with Gasteiger partial charge in [0.1, 0.15) is 0 Å². The lowest BCUT2D eigenvalue weighted by atomic mass is 9.99. The summed E-state index contributed by atoms with van der Waals surface area (Å²) in [6, 6.07) is 14.2. The number of hydrogen-bond acceptors (Lipinski definition) is 3. The van der Waals surface area contributed by atoms with Crippen LogP contribution in [0.4, 0.5) is 11.4 Å². The smallest absolute Gasteiger partial charge is 0.258 e. The molecule has 128 valence electrons. The zero-order valence-electron chi connectivity index (χ0n) is 14.8. The van der Waals surface area contributed by atoms with Gasteiger partial charge in [0.2, 0.25) is 0 Å². The van der Waals surface area contributed by atoms with Crippen LogP contribution in [0.2, 0.25) is 0 Å². The van der Waals surface area contributed by atoms with Gasteiger partial charge in [-0.25, -0.2) is 0 Å². The van der Waals surface area contributed by atoms with E-state index in [-0.39, 0.29) is 5.91 Å². The van der Waals surface area contributed by atoms with Crippen LogP contribution in [0.3, 0.4) is 0 Å². The summed E-state index contributed by atoms with van der Waals surface area (Å²) in [6.45, 7) is 5.85. The van der Waals surface area contributed by atoms with E-state index in [2.05, 4.69) is 30.2 Å². The molecule has 0 bridgehead atoms. The molecule has 0 aliphatic carbocycles. The van der Waals surface area contributed by atoms with Crippen molar-refractivity contribution in [3.63, 3.8) is 0 Å². The molecule has 0 saturated carbocycles. The molecule has 2 aromatic rings. The van der Waals surface area contributed by atoms with Gasteiger partial charge in [-0.1, -0.05) is 17.7 Å². The molecule has 0 saturated heterocycles. The quantitative estimate of drug-likeness (QED) is 0.827. The maximum atomic E-state index is 13.0. The fraction of sp³-hybridized carbons (Fsp3) is 0.333. The standard InChI is InChI=1S/C21H23N3O/c1-15-5-10-20-18(14-15)4-3-12-23(20)21(25)17-6-8-19(9-7-17)24-13-11-16(2)22-24/h5-10,14H,3-4,11-13H2,1-2H3. The Kier molecular flexibility index (Phi) is 4.04. The van der Waals surface area contributed by atoms with Crippen molar-refractivity contribution in [2.45, 2.75) is 33.1 Å². The molecule has 0 aromatic heterocycles. The molecule has 2 aliphatic rings. The molecule has 2 heterocycles. The van der Waals surface area contributed by atoms with Crippen molar-refractivity contribution < 1.29 is 4.79 Å². The van der Waals surface area contributed by atoms with Crippen molar-refractivity contribution in [3.05, 3.63) is 59.2 Å². The van der Waals surface area contributed by atoms with Gasteiger partial charge in [-0.15, -0.1) is 0 Å². The summed E-state index contributed by atoms with van der Waals surface area (Å²) in [5.41, 5.74) is 6.52. The van der Waals surface area contributed by atoms with Gasteiger partial charge in [0.05, 0.1) is 5.69 Å². The van der Waals surface area contributed by atoms with E-state index in [0.717, 1.165) is 55.0 Å². The van der Waals surface area contributed by atoms with Gasteiger partial charge in [-0.2, -0.15) is 5.10 Å². The molecule has 0 N–H and O–H groups in total. The lowest BCUT2D eigenvalue weighted by molar-refractivity contribution is 0.0985. The first-order valence-electron chi connectivity index (χ1n) is 8.95. The molecule has 25 heavy (non-hydrogen) atoms. The Morgan fingerprint density at radius 2 is 1.80 bits per heavy atom. The van der Waals surface area contributed by atoms with Gasteiger partial charge in [0.15, 0.2) is 0 Å². The minimum absolute atomic E-state index is 0.0810. The van der Waals surface area contributed by atoms with E-state index < -0.39 is 0 Å². The normalized spacial score (nSPS) is 16.6. The first-order chi connectivity index (χ1) is 12.1. The third-order valence-electron chi connectivity index (χ3n) is 4.99. The number of benzene rings is 2. The summed E-state index contributed by atoms with van der Waals surface area (Å²) >= 11 is 0. The van der Waals surface area contributed by atoms with Gasteiger partial charge in [-0.3, -0.25) is 9.80 Å². The zero-order valence-corrected chi connectivity index (χ0v) is 14.8. The Labute approximate surface area is 148 Å². The molecule has 0 atom stereocenters. The van der Waals surface area contributed by atoms with E-state index >= 15 is 0 Å². The molecule has 2 aliphatic heterocycles. The summed E-state index contributed by atoms with van der Waals surface area (Å²) < 4.78 is 0. The maximum Gasteiger partial charge on any atom is 0.258 e. The monoisotopic (exact) mass is 333 g/mol. The van der Waals surface area contributed by atoms with E-state index in [9.17, 15) is 4.79 Å². The number of rotatable bonds is 2. The third kappa shape index (κ3) is 3.04. The molecule has 4 nitrogen and oxygen atoms in total. The van der Waals surface area contributed by atoms with Crippen molar-refractivity contribution >= 4 is 23.0 Å². The first kappa shape index (κ1) is 15.9. The molecule has 1 amide bonds. The van der Waals surface area contributed by atoms with Crippen LogP contribution in [0.15, 0.2) is 47.6 Å². The van der Waals surface area contributed by atoms with Gasteiger partial charge < -0.3 is 4.90 Å². The SMILES string of the molecule is CC1=NN(c2ccc(C(=O)N3CCCc4cc(C)ccc43)cc2)CC1. The van der Waals surface area contributed by atoms with Gasteiger partial charge in [0, 0.05) is 36.5 Å².